The van der Waals surface area contributed by atoms with E-state index >= 15 is 0 Å². The summed E-state index contributed by atoms with van der Waals surface area (Å²) in [5.41, 5.74) is 2.68. The Bertz CT molecular complexity index is 447. The molecule has 1 nitrogen and oxygen atoms in total. The molecule has 0 aliphatic heterocycles. The number of hydrogen-bond acceptors (Lipinski definition) is 1. The molecular weight excluding hydrogens is 249 g/mol. The predicted molar refractivity (Wildman–Crippen MR) is 83.3 cm³/mol. The topological polar surface area (TPSA) is 12.0 Å². The van der Waals surface area contributed by atoms with Crippen LogP contribution in [0.4, 0.5) is 4.39 Å². The third kappa shape index (κ3) is 3.06. The van der Waals surface area contributed by atoms with Gasteiger partial charge in [-0.1, -0.05) is 32.8 Å². The smallest absolute Gasteiger partial charge is 0.123 e. The second kappa shape index (κ2) is 6.26. The van der Waals surface area contributed by atoms with Gasteiger partial charge in [0.15, 0.2) is 0 Å². The summed E-state index contributed by atoms with van der Waals surface area (Å²) in [5, 5.41) is 3.54. The monoisotopic (exact) mass is 277 g/mol. The van der Waals surface area contributed by atoms with Gasteiger partial charge in [-0.05, 0) is 67.8 Å². The molecule has 0 bridgehead atoms. The molecule has 1 N–H and O–H groups in total. The molecule has 0 radical (unpaired) electrons. The first kappa shape index (κ1) is 15.5. The van der Waals surface area contributed by atoms with E-state index in [1.165, 1.54) is 37.7 Å². The van der Waals surface area contributed by atoms with Crippen molar-refractivity contribution < 1.29 is 4.39 Å². The highest BCUT2D eigenvalue weighted by Crippen LogP contribution is 2.52. The number of benzene rings is 1. The van der Waals surface area contributed by atoms with Crippen LogP contribution in [-0.2, 0) is 0 Å². The van der Waals surface area contributed by atoms with E-state index in [2.05, 4.69) is 19.2 Å². The molecule has 2 heteroatoms. The van der Waals surface area contributed by atoms with Crippen molar-refractivity contribution in [1.29, 1.82) is 0 Å². The second-order valence-electron chi connectivity index (χ2n) is 6.89. The summed E-state index contributed by atoms with van der Waals surface area (Å²) >= 11 is 0. The Morgan fingerprint density at radius 2 is 1.90 bits per heavy atom. The summed E-state index contributed by atoms with van der Waals surface area (Å²) in [6.07, 6.45) is 6.46. The summed E-state index contributed by atoms with van der Waals surface area (Å²) in [4.78, 5) is 0. The quantitative estimate of drug-likeness (QED) is 0.798. The maximum Gasteiger partial charge on any atom is 0.123 e. The molecule has 20 heavy (non-hydrogen) atoms. The van der Waals surface area contributed by atoms with E-state index in [0.29, 0.717) is 17.4 Å². The maximum atomic E-state index is 13.4. The number of halogens is 1. The van der Waals surface area contributed by atoms with Gasteiger partial charge < -0.3 is 5.32 Å². The highest BCUT2D eigenvalue weighted by molar-refractivity contribution is 5.31. The molecule has 0 saturated heterocycles. The van der Waals surface area contributed by atoms with Gasteiger partial charge in [0, 0.05) is 6.04 Å². The van der Waals surface area contributed by atoms with Gasteiger partial charge in [0.05, 0.1) is 0 Å². The van der Waals surface area contributed by atoms with Crippen molar-refractivity contribution in [3.8, 4) is 0 Å². The lowest BCUT2D eigenvalue weighted by molar-refractivity contribution is 0.161. The zero-order valence-electron chi connectivity index (χ0n) is 13.3. The Morgan fingerprint density at radius 1 is 1.25 bits per heavy atom. The van der Waals surface area contributed by atoms with Gasteiger partial charge in [0.2, 0.25) is 0 Å². The van der Waals surface area contributed by atoms with Crippen molar-refractivity contribution >= 4 is 0 Å². The molecule has 1 aromatic rings. The van der Waals surface area contributed by atoms with E-state index in [0.717, 1.165) is 5.56 Å². The van der Waals surface area contributed by atoms with Gasteiger partial charge in [-0.25, -0.2) is 4.39 Å². The molecule has 0 aromatic heterocycles. The Morgan fingerprint density at radius 3 is 2.40 bits per heavy atom. The summed E-state index contributed by atoms with van der Waals surface area (Å²) in [7, 11) is 2.05. The van der Waals surface area contributed by atoms with Gasteiger partial charge in [-0.2, -0.15) is 0 Å². The molecule has 0 spiro atoms. The number of nitrogens with one attached hydrogen (secondary N) is 1. The molecule has 112 valence electrons. The van der Waals surface area contributed by atoms with Gasteiger partial charge in [-0.15, -0.1) is 0 Å². The minimum Gasteiger partial charge on any atom is -0.313 e. The van der Waals surface area contributed by atoms with Crippen LogP contribution in [0.2, 0.25) is 0 Å². The van der Waals surface area contributed by atoms with E-state index in [1.54, 1.807) is 12.1 Å². The fourth-order valence-electron chi connectivity index (χ4n) is 4.26. The molecule has 1 aliphatic rings. The Labute approximate surface area is 123 Å². The summed E-state index contributed by atoms with van der Waals surface area (Å²) in [6, 6.07) is 5.59. The summed E-state index contributed by atoms with van der Waals surface area (Å²) in [5.74, 6) is 0.565. The standard InChI is InChI=1S/C18H28FN/c1-13(2)12-18(9-5-6-10-18)17(20-4)16-8-7-15(19)11-14(16)3/h7-8,11,13,17,20H,5-6,9-10,12H2,1-4H3. The fourth-order valence-corrected chi connectivity index (χ4v) is 4.26. The van der Waals surface area contributed by atoms with Crippen LogP contribution in [0.3, 0.4) is 0 Å². The van der Waals surface area contributed by atoms with Gasteiger partial charge >= 0.3 is 0 Å². The molecule has 1 unspecified atom stereocenters. The second-order valence-corrected chi connectivity index (χ2v) is 6.89. The lowest BCUT2D eigenvalue weighted by Gasteiger charge is -2.40. The van der Waals surface area contributed by atoms with E-state index in [9.17, 15) is 4.39 Å². The number of hydrogen-bond donors (Lipinski definition) is 1. The first-order valence-corrected chi connectivity index (χ1v) is 7.92. The minimum absolute atomic E-state index is 0.134. The van der Waals surface area contributed by atoms with Gasteiger partial charge in [-0.3, -0.25) is 0 Å². The molecular formula is C18H28FN. The van der Waals surface area contributed by atoms with E-state index in [1.807, 2.05) is 20.0 Å². The Kier molecular flexibility index (Phi) is 4.85. The first-order chi connectivity index (χ1) is 9.48. The van der Waals surface area contributed by atoms with Crippen LogP contribution in [-0.4, -0.2) is 7.05 Å². The molecule has 1 aromatic carbocycles. The van der Waals surface area contributed by atoms with Crippen LogP contribution in [0.1, 0.15) is 63.1 Å². The first-order valence-electron chi connectivity index (χ1n) is 7.92. The zero-order chi connectivity index (χ0) is 14.8. The lowest BCUT2D eigenvalue weighted by atomic mass is 9.70. The van der Waals surface area contributed by atoms with E-state index < -0.39 is 0 Å². The normalized spacial score (nSPS) is 19.5. The van der Waals surface area contributed by atoms with Crippen molar-refractivity contribution in [2.45, 2.75) is 58.9 Å². The van der Waals surface area contributed by atoms with E-state index in [4.69, 9.17) is 0 Å². The van der Waals surface area contributed by atoms with Crippen LogP contribution in [0, 0.1) is 24.1 Å². The average Bonchev–Trinajstić information content (AvgIpc) is 2.81. The summed E-state index contributed by atoms with van der Waals surface area (Å²) < 4.78 is 13.4. The molecule has 1 fully saturated rings. The van der Waals surface area contributed by atoms with E-state index in [-0.39, 0.29) is 5.82 Å². The van der Waals surface area contributed by atoms with Crippen molar-refractivity contribution in [2.24, 2.45) is 11.3 Å². The van der Waals surface area contributed by atoms with Crippen molar-refractivity contribution in [1.82, 2.24) is 5.32 Å². The summed E-state index contributed by atoms with van der Waals surface area (Å²) in [6.45, 7) is 6.65. The van der Waals surface area contributed by atoms with Crippen molar-refractivity contribution in [3.05, 3.63) is 35.1 Å². The van der Waals surface area contributed by atoms with Crippen LogP contribution in [0.15, 0.2) is 18.2 Å². The highest BCUT2D eigenvalue weighted by Gasteiger charge is 2.42. The van der Waals surface area contributed by atoms with Gasteiger partial charge in [0.1, 0.15) is 5.82 Å². The average molecular weight is 277 g/mol. The minimum atomic E-state index is -0.134. The van der Waals surface area contributed by atoms with Crippen molar-refractivity contribution in [2.75, 3.05) is 7.05 Å². The fraction of sp³-hybridized carbons (Fsp3) is 0.667. The predicted octanol–water partition coefficient (Wildman–Crippen LogP) is 5.00. The van der Waals surface area contributed by atoms with Crippen molar-refractivity contribution in [3.63, 3.8) is 0 Å². The Balaban J connectivity index is 2.38. The van der Waals surface area contributed by atoms with Crippen LogP contribution < -0.4 is 5.32 Å². The zero-order valence-corrected chi connectivity index (χ0v) is 13.3. The maximum absolute atomic E-state index is 13.4. The third-order valence-electron chi connectivity index (χ3n) is 4.86. The lowest BCUT2D eigenvalue weighted by Crippen LogP contribution is -2.36. The third-order valence-corrected chi connectivity index (χ3v) is 4.86. The molecule has 1 atom stereocenters. The Hall–Kier alpha value is -0.890. The largest absolute Gasteiger partial charge is 0.313 e. The molecule has 1 aliphatic carbocycles. The highest BCUT2D eigenvalue weighted by atomic mass is 19.1. The van der Waals surface area contributed by atoms with Crippen LogP contribution in [0.25, 0.3) is 0 Å². The SMILES string of the molecule is CNC(c1ccc(F)cc1C)C1(CC(C)C)CCCC1. The number of aryl methyl sites for hydroxylation is 1. The van der Waals surface area contributed by atoms with Crippen LogP contribution >= 0.6 is 0 Å². The molecule has 1 saturated carbocycles. The molecule has 2 rings (SSSR count). The van der Waals surface area contributed by atoms with Crippen LogP contribution in [0.5, 0.6) is 0 Å². The van der Waals surface area contributed by atoms with Gasteiger partial charge in [0.25, 0.3) is 0 Å². The number of rotatable bonds is 5. The molecule has 0 amide bonds. The molecule has 0 heterocycles.